The van der Waals surface area contributed by atoms with Crippen LogP contribution in [-0.4, -0.2) is 20.7 Å². The topological polar surface area (TPSA) is 55.1 Å². The molecule has 1 radical (unpaired) electrons. The molecule has 0 aliphatic heterocycles. The first-order chi connectivity index (χ1) is 10.8. The molecule has 0 aliphatic carbocycles. The molecule has 0 saturated carbocycles. The number of benzene rings is 1. The third-order valence-electron chi connectivity index (χ3n) is 3.21. The Morgan fingerprint density at radius 3 is 1.80 bits per heavy atom. The Kier molecular flexibility index (Phi) is 5.66. The standard InChI is InChI=1S/C14H10F6N2O2.Mn/c1-6-11(7(2)23)12(24)22(21-6)10-4-8(13(15,16)17)3-9(5-10)14(18,19)20;/h3-5,24H,1-2H3;. The van der Waals surface area contributed by atoms with Crippen LogP contribution in [0.15, 0.2) is 18.2 Å². The molecule has 1 N–H and O–H groups in total. The van der Waals surface area contributed by atoms with E-state index in [4.69, 9.17) is 0 Å². The number of rotatable bonds is 2. The minimum absolute atomic E-state index is 0. The van der Waals surface area contributed by atoms with Gasteiger partial charge in [-0.15, -0.1) is 0 Å². The summed E-state index contributed by atoms with van der Waals surface area (Å²) in [5.41, 5.74) is -4.06. The number of halogens is 6. The van der Waals surface area contributed by atoms with Gasteiger partial charge in [-0.25, -0.2) is 4.68 Å². The monoisotopic (exact) mass is 407 g/mol. The first-order valence-corrected chi connectivity index (χ1v) is 6.41. The van der Waals surface area contributed by atoms with Crippen LogP contribution < -0.4 is 0 Å². The number of carbonyl (C=O) groups excluding carboxylic acids is 1. The second kappa shape index (κ2) is 6.72. The average molecular weight is 407 g/mol. The van der Waals surface area contributed by atoms with Gasteiger partial charge < -0.3 is 5.11 Å². The Hall–Kier alpha value is -2.00. The molecule has 4 nitrogen and oxygen atoms in total. The number of carbonyl (C=O) groups is 1. The van der Waals surface area contributed by atoms with Crippen molar-refractivity contribution in [2.24, 2.45) is 0 Å². The van der Waals surface area contributed by atoms with Gasteiger partial charge in [-0.3, -0.25) is 4.79 Å². The molecule has 0 aliphatic rings. The van der Waals surface area contributed by atoms with Crippen molar-refractivity contribution in [1.82, 2.24) is 9.78 Å². The predicted octanol–water partition coefficient (Wildman–Crippen LogP) is 4.12. The minimum Gasteiger partial charge on any atom is -0.493 e. The van der Waals surface area contributed by atoms with E-state index in [0.717, 1.165) is 6.92 Å². The van der Waals surface area contributed by atoms with E-state index in [1.165, 1.54) is 6.92 Å². The van der Waals surface area contributed by atoms with Crippen molar-refractivity contribution >= 4 is 5.78 Å². The van der Waals surface area contributed by atoms with Crippen molar-refractivity contribution in [3.05, 3.63) is 40.6 Å². The molecular formula is C14H10F6MnN2O2. The van der Waals surface area contributed by atoms with Gasteiger partial charge in [-0.05, 0) is 32.0 Å². The summed E-state index contributed by atoms with van der Waals surface area (Å²) in [5, 5.41) is 13.6. The minimum atomic E-state index is -5.03. The molecule has 11 heteroatoms. The third kappa shape index (κ3) is 4.16. The van der Waals surface area contributed by atoms with Gasteiger partial charge in [0, 0.05) is 17.1 Å². The maximum atomic E-state index is 12.9. The summed E-state index contributed by atoms with van der Waals surface area (Å²) >= 11 is 0. The van der Waals surface area contributed by atoms with Crippen LogP contribution in [0.3, 0.4) is 0 Å². The van der Waals surface area contributed by atoms with E-state index in [1.54, 1.807) is 0 Å². The van der Waals surface area contributed by atoms with Crippen molar-refractivity contribution in [1.29, 1.82) is 0 Å². The largest absolute Gasteiger partial charge is 0.493 e. The van der Waals surface area contributed by atoms with Crippen molar-refractivity contribution in [3.8, 4) is 11.6 Å². The van der Waals surface area contributed by atoms with Crippen LogP contribution in [0.2, 0.25) is 0 Å². The van der Waals surface area contributed by atoms with E-state index in [1.807, 2.05) is 0 Å². The molecule has 0 amide bonds. The van der Waals surface area contributed by atoms with Crippen LogP contribution in [-0.2, 0) is 29.4 Å². The van der Waals surface area contributed by atoms with Gasteiger partial charge in [-0.1, -0.05) is 0 Å². The quantitative estimate of drug-likeness (QED) is 0.463. The van der Waals surface area contributed by atoms with Gasteiger partial charge in [0.25, 0.3) is 0 Å². The number of hydrogen-bond acceptors (Lipinski definition) is 3. The molecule has 1 aromatic heterocycles. The predicted molar refractivity (Wildman–Crippen MR) is 70.0 cm³/mol. The van der Waals surface area contributed by atoms with E-state index in [-0.39, 0.29) is 34.4 Å². The summed E-state index contributed by atoms with van der Waals surface area (Å²) in [7, 11) is 0. The molecule has 25 heavy (non-hydrogen) atoms. The van der Waals surface area contributed by atoms with Crippen LogP contribution in [0.25, 0.3) is 5.69 Å². The molecule has 1 aromatic carbocycles. The fourth-order valence-corrected chi connectivity index (χ4v) is 2.17. The number of Topliss-reactive ketones (excluding diaryl/α,β-unsaturated/α-hetero) is 1. The number of nitrogens with zero attached hydrogens (tertiary/aromatic N) is 2. The molecule has 0 atom stereocenters. The summed E-state index contributed by atoms with van der Waals surface area (Å²) in [6, 6.07) is 0.777. The summed E-state index contributed by atoms with van der Waals surface area (Å²) in [6.07, 6.45) is -10.1. The van der Waals surface area contributed by atoms with E-state index >= 15 is 0 Å². The second-order valence-corrected chi connectivity index (χ2v) is 5.02. The molecule has 2 rings (SSSR count). The molecule has 0 saturated heterocycles. The van der Waals surface area contributed by atoms with Gasteiger partial charge in [0.15, 0.2) is 5.78 Å². The molecule has 0 bridgehead atoms. The molecule has 2 aromatic rings. The number of alkyl halides is 6. The Balaban J connectivity index is 0.00000312. The maximum Gasteiger partial charge on any atom is 0.416 e. The third-order valence-corrected chi connectivity index (χ3v) is 3.21. The number of aromatic nitrogens is 2. The van der Waals surface area contributed by atoms with E-state index in [2.05, 4.69) is 5.10 Å². The van der Waals surface area contributed by atoms with Crippen molar-refractivity contribution in [2.45, 2.75) is 26.2 Å². The fourth-order valence-electron chi connectivity index (χ4n) is 2.17. The number of aryl methyl sites for hydroxylation is 1. The van der Waals surface area contributed by atoms with Gasteiger partial charge in [0.1, 0.15) is 5.56 Å². The van der Waals surface area contributed by atoms with Gasteiger partial charge >= 0.3 is 12.4 Å². The molecule has 137 valence electrons. The van der Waals surface area contributed by atoms with Crippen molar-refractivity contribution in [3.63, 3.8) is 0 Å². The SMILES string of the molecule is CC(=O)c1c(C)nn(-c2cc(C(F)(F)F)cc(C(F)(F)F)c2)c1O.[Mn]. The van der Waals surface area contributed by atoms with Crippen molar-refractivity contribution < 1.29 is 53.3 Å². The first-order valence-electron chi connectivity index (χ1n) is 6.41. The summed E-state index contributed by atoms with van der Waals surface area (Å²) in [4.78, 5) is 11.4. The van der Waals surface area contributed by atoms with Crippen LogP contribution in [0, 0.1) is 6.92 Å². The molecular weight excluding hydrogens is 397 g/mol. The van der Waals surface area contributed by atoms with E-state index in [0.29, 0.717) is 16.8 Å². The molecule has 0 fully saturated rings. The average Bonchev–Trinajstić information content (AvgIpc) is 2.71. The van der Waals surface area contributed by atoms with Crippen molar-refractivity contribution in [2.75, 3.05) is 0 Å². The van der Waals surface area contributed by atoms with E-state index in [9.17, 15) is 36.2 Å². The van der Waals surface area contributed by atoms with Crippen LogP contribution in [0.5, 0.6) is 5.88 Å². The molecule has 1 heterocycles. The Labute approximate surface area is 147 Å². The zero-order chi connectivity index (χ0) is 18.4. The number of aromatic hydroxyl groups is 1. The van der Waals surface area contributed by atoms with E-state index < -0.39 is 40.8 Å². The van der Waals surface area contributed by atoms with Gasteiger partial charge in [0.2, 0.25) is 5.88 Å². The Morgan fingerprint density at radius 1 is 1.04 bits per heavy atom. The van der Waals surface area contributed by atoms with Crippen LogP contribution in [0.4, 0.5) is 26.3 Å². The zero-order valence-corrected chi connectivity index (χ0v) is 13.8. The number of ketones is 1. The Bertz CT molecular complexity index is 779. The molecule has 0 unspecified atom stereocenters. The number of hydrogen-bond donors (Lipinski definition) is 1. The summed E-state index contributed by atoms with van der Waals surface area (Å²) < 4.78 is 77.6. The maximum absolute atomic E-state index is 12.9. The molecule has 0 spiro atoms. The fraction of sp³-hybridized carbons (Fsp3) is 0.286. The smallest absolute Gasteiger partial charge is 0.416 e. The summed E-state index contributed by atoms with van der Waals surface area (Å²) in [6.45, 7) is 2.38. The van der Waals surface area contributed by atoms with Gasteiger partial charge in [-0.2, -0.15) is 31.4 Å². The Morgan fingerprint density at radius 2 is 1.48 bits per heavy atom. The van der Waals surface area contributed by atoms with Gasteiger partial charge in [0.05, 0.1) is 22.5 Å². The summed E-state index contributed by atoms with van der Waals surface area (Å²) in [5.74, 6) is -1.45. The normalized spacial score (nSPS) is 12.0. The second-order valence-electron chi connectivity index (χ2n) is 5.02. The first kappa shape index (κ1) is 21.0. The zero-order valence-electron chi connectivity index (χ0n) is 12.6. The van der Waals surface area contributed by atoms with Crippen LogP contribution >= 0.6 is 0 Å². The van der Waals surface area contributed by atoms with Crippen LogP contribution in [0.1, 0.15) is 34.1 Å².